The number of benzene rings is 1. The van der Waals surface area contributed by atoms with E-state index in [1.165, 1.54) is 0 Å². The predicted octanol–water partition coefficient (Wildman–Crippen LogP) is 1.81. The van der Waals surface area contributed by atoms with E-state index < -0.39 is 5.54 Å². The molecule has 0 aliphatic carbocycles. The van der Waals surface area contributed by atoms with Crippen molar-refractivity contribution in [3.8, 4) is 11.4 Å². The standard InChI is InChI=1S/C15H21N5O/c1-5-16-15(2,3)14(21)18-12-9-7-6-8-11(12)13-19-17-10-20(13)4/h6-10,16H,5H2,1-4H3,(H,18,21). The molecule has 0 unspecified atom stereocenters. The van der Waals surface area contributed by atoms with Gasteiger partial charge in [-0.25, -0.2) is 0 Å². The molecule has 2 aromatic rings. The Labute approximate surface area is 124 Å². The van der Waals surface area contributed by atoms with E-state index >= 15 is 0 Å². The maximum absolute atomic E-state index is 12.4. The third-order valence-electron chi connectivity index (χ3n) is 3.31. The summed E-state index contributed by atoms with van der Waals surface area (Å²) in [5.41, 5.74) is 0.935. The van der Waals surface area contributed by atoms with Gasteiger partial charge in [-0.3, -0.25) is 4.79 Å². The fourth-order valence-electron chi connectivity index (χ4n) is 2.11. The molecular formula is C15H21N5O. The number of carbonyl (C=O) groups is 1. The van der Waals surface area contributed by atoms with Gasteiger partial charge < -0.3 is 15.2 Å². The topological polar surface area (TPSA) is 71.8 Å². The van der Waals surface area contributed by atoms with Crippen LogP contribution < -0.4 is 10.6 Å². The van der Waals surface area contributed by atoms with Crippen molar-refractivity contribution in [2.24, 2.45) is 7.05 Å². The summed E-state index contributed by atoms with van der Waals surface area (Å²) >= 11 is 0. The van der Waals surface area contributed by atoms with Crippen molar-refractivity contribution in [1.29, 1.82) is 0 Å². The molecule has 1 heterocycles. The van der Waals surface area contributed by atoms with Crippen LogP contribution in [0.4, 0.5) is 5.69 Å². The molecule has 0 aliphatic rings. The lowest BCUT2D eigenvalue weighted by Crippen LogP contribution is -2.49. The smallest absolute Gasteiger partial charge is 0.244 e. The van der Waals surface area contributed by atoms with Gasteiger partial charge in [0.25, 0.3) is 0 Å². The van der Waals surface area contributed by atoms with E-state index in [9.17, 15) is 4.79 Å². The van der Waals surface area contributed by atoms with Crippen LogP contribution in [-0.2, 0) is 11.8 Å². The zero-order chi connectivity index (χ0) is 15.5. The molecule has 1 aromatic carbocycles. The number of nitrogens with zero attached hydrogens (tertiary/aromatic N) is 3. The minimum Gasteiger partial charge on any atom is -0.324 e. The highest BCUT2D eigenvalue weighted by Gasteiger charge is 2.27. The van der Waals surface area contributed by atoms with E-state index in [2.05, 4.69) is 20.8 Å². The van der Waals surface area contributed by atoms with E-state index in [0.717, 1.165) is 17.8 Å². The predicted molar refractivity (Wildman–Crippen MR) is 82.8 cm³/mol. The lowest BCUT2D eigenvalue weighted by Gasteiger charge is -2.25. The maximum Gasteiger partial charge on any atom is 0.244 e. The molecule has 6 nitrogen and oxygen atoms in total. The van der Waals surface area contributed by atoms with Crippen LogP contribution in [0.15, 0.2) is 30.6 Å². The van der Waals surface area contributed by atoms with E-state index in [1.54, 1.807) is 6.33 Å². The van der Waals surface area contributed by atoms with Gasteiger partial charge in [-0.2, -0.15) is 0 Å². The Bertz CT molecular complexity index is 632. The minimum absolute atomic E-state index is 0.0843. The molecule has 2 N–H and O–H groups in total. The number of amides is 1. The Morgan fingerprint density at radius 1 is 1.33 bits per heavy atom. The zero-order valence-corrected chi connectivity index (χ0v) is 12.8. The minimum atomic E-state index is -0.637. The van der Waals surface area contributed by atoms with Crippen LogP contribution in [0.25, 0.3) is 11.4 Å². The first-order chi connectivity index (χ1) is 9.95. The van der Waals surface area contributed by atoms with Gasteiger partial charge in [0.05, 0.1) is 11.2 Å². The highest BCUT2D eigenvalue weighted by Crippen LogP contribution is 2.26. The monoisotopic (exact) mass is 287 g/mol. The molecule has 21 heavy (non-hydrogen) atoms. The summed E-state index contributed by atoms with van der Waals surface area (Å²) in [4.78, 5) is 12.4. The summed E-state index contributed by atoms with van der Waals surface area (Å²) in [6.07, 6.45) is 1.64. The molecule has 0 radical (unpaired) electrons. The van der Waals surface area contributed by atoms with Crippen LogP contribution in [0.3, 0.4) is 0 Å². The summed E-state index contributed by atoms with van der Waals surface area (Å²) in [5, 5.41) is 14.1. The number of nitrogens with one attached hydrogen (secondary N) is 2. The van der Waals surface area contributed by atoms with Crippen molar-refractivity contribution in [3.05, 3.63) is 30.6 Å². The Kier molecular flexibility index (Phi) is 4.37. The van der Waals surface area contributed by atoms with Crippen molar-refractivity contribution in [2.75, 3.05) is 11.9 Å². The molecule has 0 aliphatic heterocycles. The maximum atomic E-state index is 12.4. The molecule has 6 heteroatoms. The molecule has 0 fully saturated rings. The molecule has 0 atom stereocenters. The number of aryl methyl sites for hydroxylation is 1. The highest BCUT2D eigenvalue weighted by molar-refractivity contribution is 6.00. The normalized spacial score (nSPS) is 11.4. The number of aromatic nitrogens is 3. The first kappa shape index (κ1) is 15.2. The molecule has 0 bridgehead atoms. The molecule has 2 rings (SSSR count). The third kappa shape index (κ3) is 3.28. The second-order valence-corrected chi connectivity index (χ2v) is 5.42. The van der Waals surface area contributed by atoms with E-state index in [0.29, 0.717) is 5.82 Å². The van der Waals surface area contributed by atoms with Crippen LogP contribution in [0.2, 0.25) is 0 Å². The van der Waals surface area contributed by atoms with Crippen molar-refractivity contribution in [3.63, 3.8) is 0 Å². The van der Waals surface area contributed by atoms with Gasteiger partial charge in [-0.15, -0.1) is 10.2 Å². The molecule has 1 amide bonds. The first-order valence-electron chi connectivity index (χ1n) is 6.95. The second kappa shape index (κ2) is 6.05. The van der Waals surface area contributed by atoms with Gasteiger partial charge in [0, 0.05) is 12.6 Å². The van der Waals surface area contributed by atoms with E-state index in [1.807, 2.05) is 56.7 Å². The summed E-state index contributed by atoms with van der Waals surface area (Å²) in [6, 6.07) is 7.58. The number of para-hydroxylation sites is 1. The molecule has 0 saturated carbocycles. The van der Waals surface area contributed by atoms with Gasteiger partial charge in [-0.1, -0.05) is 19.1 Å². The molecule has 0 spiro atoms. The van der Waals surface area contributed by atoms with Crippen molar-refractivity contribution in [2.45, 2.75) is 26.3 Å². The number of likely N-dealkylation sites (N-methyl/N-ethyl adjacent to an activating group) is 1. The molecule has 1 aromatic heterocycles. The van der Waals surface area contributed by atoms with Crippen molar-refractivity contribution < 1.29 is 4.79 Å². The molecule has 0 saturated heterocycles. The van der Waals surface area contributed by atoms with Crippen LogP contribution in [0.1, 0.15) is 20.8 Å². The quantitative estimate of drug-likeness (QED) is 0.879. The van der Waals surface area contributed by atoms with Crippen LogP contribution in [0.5, 0.6) is 0 Å². The Morgan fingerprint density at radius 3 is 2.67 bits per heavy atom. The van der Waals surface area contributed by atoms with E-state index in [-0.39, 0.29) is 5.91 Å². The Morgan fingerprint density at radius 2 is 2.05 bits per heavy atom. The summed E-state index contributed by atoms with van der Waals surface area (Å²) < 4.78 is 1.82. The second-order valence-electron chi connectivity index (χ2n) is 5.42. The van der Waals surface area contributed by atoms with Crippen LogP contribution >= 0.6 is 0 Å². The van der Waals surface area contributed by atoms with Gasteiger partial charge in [0.1, 0.15) is 6.33 Å². The average molecular weight is 287 g/mol. The fourth-order valence-corrected chi connectivity index (χ4v) is 2.11. The zero-order valence-electron chi connectivity index (χ0n) is 12.8. The SMILES string of the molecule is CCNC(C)(C)C(=O)Nc1ccccc1-c1nncn1C. The lowest BCUT2D eigenvalue weighted by molar-refractivity contribution is -0.121. The molecule has 112 valence electrons. The van der Waals surface area contributed by atoms with Crippen LogP contribution in [0, 0.1) is 0 Å². The van der Waals surface area contributed by atoms with Crippen molar-refractivity contribution in [1.82, 2.24) is 20.1 Å². The summed E-state index contributed by atoms with van der Waals surface area (Å²) in [6.45, 7) is 6.42. The summed E-state index contributed by atoms with van der Waals surface area (Å²) in [5.74, 6) is 0.631. The number of hydrogen-bond acceptors (Lipinski definition) is 4. The summed E-state index contributed by atoms with van der Waals surface area (Å²) in [7, 11) is 1.87. The van der Waals surface area contributed by atoms with Crippen molar-refractivity contribution >= 4 is 11.6 Å². The average Bonchev–Trinajstić information content (AvgIpc) is 2.85. The number of anilines is 1. The third-order valence-corrected chi connectivity index (χ3v) is 3.31. The molecular weight excluding hydrogens is 266 g/mol. The van der Waals surface area contributed by atoms with Crippen LogP contribution in [-0.4, -0.2) is 32.8 Å². The highest BCUT2D eigenvalue weighted by atomic mass is 16.2. The Hall–Kier alpha value is -2.21. The number of carbonyl (C=O) groups excluding carboxylic acids is 1. The first-order valence-corrected chi connectivity index (χ1v) is 6.95. The number of hydrogen-bond donors (Lipinski definition) is 2. The lowest BCUT2D eigenvalue weighted by atomic mass is 10.0. The van der Waals surface area contributed by atoms with Gasteiger partial charge in [-0.05, 0) is 32.5 Å². The number of rotatable bonds is 5. The van der Waals surface area contributed by atoms with Gasteiger partial charge >= 0.3 is 0 Å². The largest absolute Gasteiger partial charge is 0.324 e. The Balaban J connectivity index is 2.30. The fraction of sp³-hybridized carbons (Fsp3) is 0.400. The van der Waals surface area contributed by atoms with E-state index in [4.69, 9.17) is 0 Å². The van der Waals surface area contributed by atoms with Gasteiger partial charge in [0.15, 0.2) is 5.82 Å². The van der Waals surface area contributed by atoms with Gasteiger partial charge in [0.2, 0.25) is 5.91 Å².